The van der Waals surface area contributed by atoms with E-state index in [1.54, 1.807) is 6.07 Å². The Kier molecular flexibility index (Phi) is 9.75. The molecule has 2 aliphatic heterocycles. The summed E-state index contributed by atoms with van der Waals surface area (Å²) in [7, 11) is 0. The molecule has 2 fully saturated rings. The van der Waals surface area contributed by atoms with E-state index in [1.807, 2.05) is 37.8 Å². The molecule has 0 spiro atoms. The van der Waals surface area contributed by atoms with Gasteiger partial charge in [-0.25, -0.2) is 4.79 Å². The Morgan fingerprint density at radius 1 is 1.10 bits per heavy atom. The van der Waals surface area contributed by atoms with E-state index in [2.05, 4.69) is 66.0 Å². The van der Waals surface area contributed by atoms with Gasteiger partial charge in [0.2, 0.25) is 5.91 Å². The third-order valence-corrected chi connectivity index (χ3v) is 10.9. The molecule has 3 heterocycles. The molecule has 50 heavy (non-hydrogen) atoms. The number of nitrogens with zero attached hydrogens (tertiary/aromatic N) is 4. The van der Waals surface area contributed by atoms with Crippen LogP contribution in [-0.4, -0.2) is 90.0 Å². The highest BCUT2D eigenvalue weighted by Gasteiger charge is 2.41. The van der Waals surface area contributed by atoms with Crippen molar-refractivity contribution in [1.82, 2.24) is 20.1 Å². The van der Waals surface area contributed by atoms with Gasteiger partial charge in [-0.2, -0.15) is 5.26 Å². The Labute approximate surface area is 296 Å². The lowest BCUT2D eigenvalue weighted by molar-refractivity contribution is -0.131. The SMILES string of the molecule is CCc1cc2c(cc1N1CCN(C(=O)CCCN3CC[C@@H](C)[C@@H](NC(=O)OC(C)(C)C)C3)CC1)C(C)(C)c1[nH]c3cc(C#N)ccc3c1C2=O. The number of carbonyl (C=O) groups excluding carboxylic acids is 3. The van der Waals surface area contributed by atoms with Gasteiger partial charge in [0.15, 0.2) is 5.78 Å². The Hall–Kier alpha value is -4.36. The van der Waals surface area contributed by atoms with Crippen LogP contribution in [0.1, 0.15) is 106 Å². The summed E-state index contributed by atoms with van der Waals surface area (Å²) in [6.45, 7) is 19.6. The minimum atomic E-state index is -0.529. The second-order valence-corrected chi connectivity index (χ2v) is 15.9. The molecule has 6 rings (SSSR count). The molecule has 1 aliphatic carbocycles. The zero-order valence-electron chi connectivity index (χ0n) is 30.7. The number of H-pyrrole nitrogens is 1. The van der Waals surface area contributed by atoms with Crippen molar-refractivity contribution in [2.75, 3.05) is 50.7 Å². The van der Waals surface area contributed by atoms with Crippen molar-refractivity contribution in [2.24, 2.45) is 5.92 Å². The molecular weight excluding hydrogens is 628 g/mol. The smallest absolute Gasteiger partial charge is 0.407 e. The summed E-state index contributed by atoms with van der Waals surface area (Å²) < 4.78 is 5.47. The Bertz CT molecular complexity index is 1840. The van der Waals surface area contributed by atoms with Crippen LogP contribution in [0.15, 0.2) is 30.3 Å². The molecule has 0 unspecified atom stereocenters. The van der Waals surface area contributed by atoms with E-state index in [0.29, 0.717) is 36.6 Å². The van der Waals surface area contributed by atoms with Gasteiger partial charge >= 0.3 is 6.09 Å². The first-order chi connectivity index (χ1) is 23.7. The summed E-state index contributed by atoms with van der Waals surface area (Å²) in [5, 5.41) is 13.3. The van der Waals surface area contributed by atoms with E-state index < -0.39 is 11.0 Å². The van der Waals surface area contributed by atoms with Crippen molar-refractivity contribution in [1.29, 1.82) is 5.26 Å². The zero-order chi connectivity index (χ0) is 36.0. The van der Waals surface area contributed by atoms with E-state index >= 15 is 0 Å². The number of nitriles is 1. The minimum Gasteiger partial charge on any atom is -0.444 e. The highest BCUT2D eigenvalue weighted by Crippen LogP contribution is 2.46. The first-order valence-corrected chi connectivity index (χ1v) is 18.2. The number of likely N-dealkylation sites (tertiary alicyclic amines) is 1. The van der Waals surface area contributed by atoms with Gasteiger partial charge in [-0.3, -0.25) is 9.59 Å². The summed E-state index contributed by atoms with van der Waals surface area (Å²) in [6.07, 6.45) is 2.72. The van der Waals surface area contributed by atoms with Crippen LogP contribution in [0.3, 0.4) is 0 Å². The van der Waals surface area contributed by atoms with Crippen LogP contribution in [0.25, 0.3) is 10.9 Å². The number of ether oxygens (including phenoxy) is 1. The Morgan fingerprint density at radius 3 is 2.52 bits per heavy atom. The van der Waals surface area contributed by atoms with Gasteiger partial charge in [0.05, 0.1) is 17.2 Å². The summed E-state index contributed by atoms with van der Waals surface area (Å²) >= 11 is 0. The van der Waals surface area contributed by atoms with Crippen molar-refractivity contribution >= 4 is 34.4 Å². The molecule has 2 saturated heterocycles. The highest BCUT2D eigenvalue weighted by molar-refractivity contribution is 6.20. The largest absolute Gasteiger partial charge is 0.444 e. The number of anilines is 1. The number of piperazine rings is 1. The van der Waals surface area contributed by atoms with Crippen molar-refractivity contribution in [3.8, 4) is 6.07 Å². The van der Waals surface area contributed by atoms with E-state index in [4.69, 9.17) is 4.74 Å². The number of piperidine rings is 1. The third-order valence-electron chi connectivity index (χ3n) is 10.9. The fourth-order valence-corrected chi connectivity index (χ4v) is 7.95. The number of aryl methyl sites for hydroxylation is 1. The predicted molar refractivity (Wildman–Crippen MR) is 196 cm³/mol. The quantitative estimate of drug-likeness (QED) is 0.308. The number of aromatic nitrogens is 1. The number of alkyl carbamates (subject to hydrolysis) is 1. The summed E-state index contributed by atoms with van der Waals surface area (Å²) in [4.78, 5) is 49.9. The van der Waals surface area contributed by atoms with Crippen LogP contribution in [0.2, 0.25) is 0 Å². The molecule has 2 aromatic carbocycles. The average Bonchev–Trinajstić information content (AvgIpc) is 3.47. The Morgan fingerprint density at radius 2 is 1.84 bits per heavy atom. The lowest BCUT2D eigenvalue weighted by Gasteiger charge is -2.39. The predicted octanol–water partition coefficient (Wildman–Crippen LogP) is 6.14. The standard InChI is InChI=1S/C40H52N6O4/c1-8-27-21-29-30(40(6,7)37-35(36(29)48)28-12-11-26(23-41)20-31(28)42-37)22-33(27)45-16-18-46(19-17-45)34(47)10-9-14-44-15-13-25(2)32(24-44)43-38(49)50-39(3,4)5/h11-12,20-22,25,32,42H,8-10,13-19,24H2,1-7H3,(H,43,49)/t25-,32+/m1/s1. The van der Waals surface area contributed by atoms with Crippen LogP contribution in [-0.2, 0) is 21.4 Å². The number of amides is 2. The number of hydrogen-bond donors (Lipinski definition) is 2. The molecule has 0 bridgehead atoms. The molecule has 10 nitrogen and oxygen atoms in total. The topological polar surface area (TPSA) is 122 Å². The monoisotopic (exact) mass is 680 g/mol. The molecule has 0 radical (unpaired) electrons. The molecule has 2 N–H and O–H groups in total. The van der Waals surface area contributed by atoms with E-state index in [-0.39, 0.29) is 23.8 Å². The van der Waals surface area contributed by atoms with Crippen LogP contribution >= 0.6 is 0 Å². The lowest BCUT2D eigenvalue weighted by Crippen LogP contribution is -2.53. The van der Waals surface area contributed by atoms with Crippen LogP contribution in [0, 0.1) is 17.2 Å². The van der Waals surface area contributed by atoms with E-state index in [1.165, 1.54) is 0 Å². The van der Waals surface area contributed by atoms with Gasteiger partial charge in [0.25, 0.3) is 0 Å². The number of hydrogen-bond acceptors (Lipinski definition) is 7. The maximum Gasteiger partial charge on any atom is 0.407 e. The summed E-state index contributed by atoms with van der Waals surface area (Å²) in [6, 6.07) is 12.0. The first kappa shape index (κ1) is 35.5. The average molecular weight is 681 g/mol. The number of aromatic amines is 1. The fraction of sp³-hybridized carbons (Fsp3) is 0.550. The number of benzene rings is 2. The van der Waals surface area contributed by atoms with Gasteiger partial charge in [-0.15, -0.1) is 0 Å². The lowest BCUT2D eigenvalue weighted by atomic mass is 9.70. The maximum atomic E-state index is 14.0. The molecule has 0 saturated carbocycles. The minimum absolute atomic E-state index is 0.0239. The van der Waals surface area contributed by atoms with E-state index in [0.717, 1.165) is 91.0 Å². The molecule has 2 atom stereocenters. The first-order valence-electron chi connectivity index (χ1n) is 18.2. The normalized spacial score (nSPS) is 20.6. The fourth-order valence-electron chi connectivity index (χ4n) is 7.95. The molecule has 1 aromatic heterocycles. The van der Waals surface area contributed by atoms with Crippen molar-refractivity contribution in [2.45, 2.75) is 91.2 Å². The van der Waals surface area contributed by atoms with Gasteiger partial charge in [-0.1, -0.05) is 33.8 Å². The van der Waals surface area contributed by atoms with Crippen molar-refractivity contribution in [3.63, 3.8) is 0 Å². The van der Waals surface area contributed by atoms with Crippen molar-refractivity contribution in [3.05, 3.63) is 63.8 Å². The summed E-state index contributed by atoms with van der Waals surface area (Å²) in [5.41, 5.74) is 6.02. The number of nitrogens with one attached hydrogen (secondary N) is 2. The maximum absolute atomic E-state index is 14.0. The third kappa shape index (κ3) is 6.98. The van der Waals surface area contributed by atoms with Gasteiger partial charge in [0.1, 0.15) is 5.60 Å². The molecule has 10 heteroatoms. The molecule has 266 valence electrons. The van der Waals surface area contributed by atoms with E-state index in [9.17, 15) is 19.6 Å². The second kappa shape index (κ2) is 13.7. The number of carbonyl (C=O) groups is 3. The molecule has 3 aromatic rings. The van der Waals surface area contributed by atoms with Crippen LogP contribution < -0.4 is 10.2 Å². The van der Waals surface area contributed by atoms with Gasteiger partial charge < -0.3 is 29.7 Å². The summed E-state index contributed by atoms with van der Waals surface area (Å²) in [5.74, 6) is 0.587. The Balaban J connectivity index is 1.07. The van der Waals surface area contributed by atoms with Gasteiger partial charge in [-0.05, 0) is 94.4 Å². The second-order valence-electron chi connectivity index (χ2n) is 15.9. The van der Waals surface area contributed by atoms with Crippen molar-refractivity contribution < 1.29 is 19.1 Å². The molecule has 2 amide bonds. The zero-order valence-corrected chi connectivity index (χ0v) is 30.7. The number of fused-ring (bicyclic) bond motifs is 4. The van der Waals surface area contributed by atoms with Gasteiger partial charge in [0, 0.05) is 78.4 Å². The van der Waals surface area contributed by atoms with Crippen LogP contribution in [0.5, 0.6) is 0 Å². The molecule has 3 aliphatic rings. The molecular formula is C40H52N6O4. The highest BCUT2D eigenvalue weighted by atomic mass is 16.6. The number of ketones is 1. The number of rotatable bonds is 7. The van der Waals surface area contributed by atoms with Crippen LogP contribution in [0.4, 0.5) is 10.5 Å².